The van der Waals surface area contributed by atoms with Gasteiger partial charge in [-0.3, -0.25) is 10.1 Å². The molecule has 1 N–H and O–H groups in total. The molecule has 1 rings (SSSR count). The van der Waals surface area contributed by atoms with Crippen molar-refractivity contribution in [2.24, 2.45) is 0 Å². The normalized spacial score (nSPS) is 9.94. The fourth-order valence-corrected chi connectivity index (χ4v) is 1.29. The summed E-state index contributed by atoms with van der Waals surface area (Å²) in [5, 5.41) is 13.5. The minimum absolute atomic E-state index is 0.281. The van der Waals surface area contributed by atoms with Crippen LogP contribution in [0.1, 0.15) is 5.56 Å². The Morgan fingerprint density at radius 3 is 2.81 bits per heavy atom. The van der Waals surface area contributed by atoms with Crippen molar-refractivity contribution in [2.75, 3.05) is 11.9 Å². The number of nitrogens with one attached hydrogen (secondary N) is 1. The molecule has 0 saturated heterocycles. The van der Waals surface area contributed by atoms with Crippen LogP contribution in [0.2, 0.25) is 0 Å². The van der Waals surface area contributed by atoms with Gasteiger partial charge in [-0.15, -0.1) is 0 Å². The van der Waals surface area contributed by atoms with Gasteiger partial charge in [-0.25, -0.2) is 4.39 Å². The average Bonchev–Trinajstić information content (AvgIpc) is 2.18. The molecule has 0 aliphatic heterocycles. The predicted molar refractivity (Wildman–Crippen MR) is 64.3 cm³/mol. The molecule has 0 radical (unpaired) electrons. The van der Waals surface area contributed by atoms with Crippen LogP contribution >= 0.6 is 15.9 Å². The van der Waals surface area contributed by atoms with E-state index in [-0.39, 0.29) is 11.4 Å². The first kappa shape index (κ1) is 12.6. The van der Waals surface area contributed by atoms with Gasteiger partial charge >= 0.3 is 0 Å². The highest BCUT2D eigenvalue weighted by molar-refractivity contribution is 9.11. The standard InChI is InChI=1S/C10H10BrFN2O2/c1-6-3-9(13-5-7(2)11)10(14(15)16)4-8(6)12/h3-4,13H,2,5H2,1H3. The fraction of sp³-hybridized carbons (Fsp3) is 0.200. The van der Waals surface area contributed by atoms with Crippen molar-refractivity contribution in [3.8, 4) is 0 Å². The Morgan fingerprint density at radius 1 is 1.69 bits per heavy atom. The third-order valence-electron chi connectivity index (χ3n) is 1.94. The number of halogens is 2. The molecule has 0 unspecified atom stereocenters. The van der Waals surface area contributed by atoms with Crippen LogP contribution in [0.15, 0.2) is 23.2 Å². The van der Waals surface area contributed by atoms with Crippen LogP contribution in [0.5, 0.6) is 0 Å². The third-order valence-corrected chi connectivity index (χ3v) is 2.22. The summed E-state index contributed by atoms with van der Waals surface area (Å²) >= 11 is 3.13. The molecule has 1 aromatic rings. The van der Waals surface area contributed by atoms with E-state index in [9.17, 15) is 14.5 Å². The topological polar surface area (TPSA) is 55.2 Å². The highest BCUT2D eigenvalue weighted by atomic mass is 79.9. The maximum absolute atomic E-state index is 13.2. The molecule has 6 heteroatoms. The summed E-state index contributed by atoms with van der Waals surface area (Å²) in [4.78, 5) is 10.1. The molecule has 0 saturated carbocycles. The van der Waals surface area contributed by atoms with Gasteiger partial charge in [0.05, 0.1) is 11.0 Å². The van der Waals surface area contributed by atoms with E-state index in [0.29, 0.717) is 16.6 Å². The highest BCUT2D eigenvalue weighted by Crippen LogP contribution is 2.27. The summed E-state index contributed by atoms with van der Waals surface area (Å²) < 4.78 is 13.8. The molecule has 0 heterocycles. The third kappa shape index (κ3) is 3.03. The number of hydrogen-bond donors (Lipinski definition) is 1. The molecule has 0 aliphatic rings. The number of nitro benzene ring substituents is 1. The molecular formula is C10H10BrFN2O2. The molecule has 0 bridgehead atoms. The molecular weight excluding hydrogens is 279 g/mol. The van der Waals surface area contributed by atoms with Crippen LogP contribution in [-0.4, -0.2) is 11.5 Å². The second-order valence-electron chi connectivity index (χ2n) is 3.25. The maximum Gasteiger partial charge on any atom is 0.295 e. The molecule has 0 amide bonds. The number of nitro groups is 1. The second kappa shape index (κ2) is 5.07. The van der Waals surface area contributed by atoms with Crippen molar-refractivity contribution in [1.29, 1.82) is 0 Å². The van der Waals surface area contributed by atoms with Crippen LogP contribution in [0.4, 0.5) is 15.8 Å². The first-order valence-corrected chi connectivity index (χ1v) is 5.23. The predicted octanol–water partition coefficient (Wildman–Crippen LogP) is 3.36. The molecule has 0 spiro atoms. The number of nitrogens with zero attached hydrogens (tertiary/aromatic N) is 1. The zero-order chi connectivity index (χ0) is 12.3. The van der Waals surface area contributed by atoms with Gasteiger partial charge < -0.3 is 5.32 Å². The summed E-state index contributed by atoms with van der Waals surface area (Å²) in [7, 11) is 0. The summed E-state index contributed by atoms with van der Waals surface area (Å²) in [6, 6.07) is 2.32. The Labute approximate surface area is 100 Å². The lowest BCUT2D eigenvalue weighted by atomic mass is 10.2. The molecule has 4 nitrogen and oxygen atoms in total. The van der Waals surface area contributed by atoms with E-state index in [1.54, 1.807) is 6.92 Å². The Morgan fingerprint density at radius 2 is 2.31 bits per heavy atom. The largest absolute Gasteiger partial charge is 0.375 e. The number of benzene rings is 1. The van der Waals surface area contributed by atoms with E-state index in [2.05, 4.69) is 27.8 Å². The smallest absolute Gasteiger partial charge is 0.295 e. The quantitative estimate of drug-likeness (QED) is 0.683. The molecule has 1 aromatic carbocycles. The summed E-state index contributed by atoms with van der Waals surface area (Å²) in [6.07, 6.45) is 0. The Hall–Kier alpha value is -1.43. The molecule has 0 fully saturated rings. The van der Waals surface area contributed by atoms with Gasteiger partial charge in [-0.05, 0) is 18.6 Å². The molecule has 16 heavy (non-hydrogen) atoms. The first-order chi connectivity index (χ1) is 7.41. The van der Waals surface area contributed by atoms with Crippen molar-refractivity contribution in [3.05, 3.63) is 44.7 Å². The van der Waals surface area contributed by atoms with E-state index in [4.69, 9.17) is 0 Å². The van der Waals surface area contributed by atoms with Gasteiger partial charge in [0.2, 0.25) is 0 Å². The fourth-order valence-electron chi connectivity index (χ4n) is 1.15. The lowest BCUT2D eigenvalue weighted by Gasteiger charge is -2.07. The number of anilines is 1. The van der Waals surface area contributed by atoms with Crippen LogP contribution in [-0.2, 0) is 0 Å². The minimum Gasteiger partial charge on any atom is -0.375 e. The van der Waals surface area contributed by atoms with Crippen molar-refractivity contribution in [1.82, 2.24) is 0 Å². The van der Waals surface area contributed by atoms with Crippen molar-refractivity contribution < 1.29 is 9.31 Å². The van der Waals surface area contributed by atoms with Gasteiger partial charge in [0.1, 0.15) is 11.5 Å². The maximum atomic E-state index is 13.2. The van der Waals surface area contributed by atoms with Gasteiger partial charge in [0, 0.05) is 11.0 Å². The Kier molecular flexibility index (Phi) is 4.00. The first-order valence-electron chi connectivity index (χ1n) is 4.43. The van der Waals surface area contributed by atoms with Crippen molar-refractivity contribution >= 4 is 27.3 Å². The van der Waals surface area contributed by atoms with E-state index in [1.807, 2.05) is 0 Å². The summed E-state index contributed by atoms with van der Waals surface area (Å²) in [5.74, 6) is -0.588. The molecule has 86 valence electrons. The second-order valence-corrected chi connectivity index (χ2v) is 4.37. The summed E-state index contributed by atoms with van der Waals surface area (Å²) in [5.41, 5.74) is 0.356. The van der Waals surface area contributed by atoms with Crippen LogP contribution in [0, 0.1) is 22.9 Å². The molecule has 0 aromatic heterocycles. The average molecular weight is 289 g/mol. The monoisotopic (exact) mass is 288 g/mol. The van der Waals surface area contributed by atoms with E-state index in [0.717, 1.165) is 6.07 Å². The Balaban J connectivity index is 3.09. The lowest BCUT2D eigenvalue weighted by Crippen LogP contribution is -2.05. The van der Waals surface area contributed by atoms with E-state index >= 15 is 0 Å². The highest BCUT2D eigenvalue weighted by Gasteiger charge is 2.16. The number of rotatable bonds is 4. The van der Waals surface area contributed by atoms with Gasteiger partial charge in [0.25, 0.3) is 5.69 Å². The minimum atomic E-state index is -0.623. The van der Waals surface area contributed by atoms with Crippen molar-refractivity contribution in [3.63, 3.8) is 0 Å². The van der Waals surface area contributed by atoms with E-state index in [1.165, 1.54) is 6.07 Å². The number of aryl methyl sites for hydroxylation is 1. The van der Waals surface area contributed by atoms with Gasteiger partial charge in [-0.2, -0.15) is 0 Å². The van der Waals surface area contributed by atoms with Crippen molar-refractivity contribution in [2.45, 2.75) is 6.92 Å². The summed E-state index contributed by atoms with van der Waals surface area (Å²) in [6.45, 7) is 5.48. The lowest BCUT2D eigenvalue weighted by molar-refractivity contribution is -0.384. The van der Waals surface area contributed by atoms with E-state index < -0.39 is 10.7 Å². The van der Waals surface area contributed by atoms with Gasteiger partial charge in [0.15, 0.2) is 0 Å². The van der Waals surface area contributed by atoms with Crippen LogP contribution in [0.25, 0.3) is 0 Å². The van der Waals surface area contributed by atoms with Gasteiger partial charge in [-0.1, -0.05) is 22.5 Å². The van der Waals surface area contributed by atoms with Crippen LogP contribution < -0.4 is 5.32 Å². The zero-order valence-corrected chi connectivity index (χ0v) is 10.2. The SMILES string of the molecule is C=C(Br)CNc1cc(C)c(F)cc1[N+](=O)[O-]. The van der Waals surface area contributed by atoms with Crippen LogP contribution in [0.3, 0.4) is 0 Å². The molecule has 0 atom stereocenters. The zero-order valence-electron chi connectivity index (χ0n) is 8.59. The molecule has 0 aliphatic carbocycles. The number of hydrogen-bond acceptors (Lipinski definition) is 3. The Bertz CT molecular complexity index is 449.